The molecule has 0 atom stereocenters. The van der Waals surface area contributed by atoms with Crippen LogP contribution in [-0.4, -0.2) is 0 Å². The highest BCUT2D eigenvalue weighted by Crippen LogP contribution is 2.08. The van der Waals surface area contributed by atoms with Gasteiger partial charge in [0.05, 0.1) is 12.1 Å². The summed E-state index contributed by atoms with van der Waals surface area (Å²) in [5.41, 5.74) is 2.11. The van der Waals surface area contributed by atoms with Crippen molar-refractivity contribution in [3.63, 3.8) is 0 Å². The lowest BCUT2D eigenvalue weighted by Gasteiger charge is -2.00. The summed E-state index contributed by atoms with van der Waals surface area (Å²) in [7, 11) is 0. The quantitative estimate of drug-likeness (QED) is 0.719. The van der Waals surface area contributed by atoms with Crippen LogP contribution in [0.3, 0.4) is 0 Å². The molecule has 14 heavy (non-hydrogen) atoms. The minimum absolute atomic E-state index is 0.526. The molecule has 0 saturated carbocycles. The zero-order valence-corrected chi connectivity index (χ0v) is 7.95. The third-order valence-electron chi connectivity index (χ3n) is 1.93. The van der Waals surface area contributed by atoms with Crippen molar-refractivity contribution < 1.29 is 0 Å². The fourth-order valence-electron chi connectivity index (χ4n) is 1.24. The first kappa shape index (κ1) is 10.3. The topological polar surface area (TPSA) is 47.6 Å². The van der Waals surface area contributed by atoms with Crippen LogP contribution >= 0.6 is 0 Å². The Balaban J connectivity index is 2.61. The SMILES string of the molecule is N#CCCc1[c]c(CCC#N)ccc1. The molecule has 1 rings (SSSR count). The van der Waals surface area contributed by atoms with Crippen LogP contribution in [0.4, 0.5) is 0 Å². The molecule has 1 aromatic carbocycles. The molecule has 1 aromatic rings. The Labute approximate surface area is 84.4 Å². The highest BCUT2D eigenvalue weighted by molar-refractivity contribution is 5.22. The lowest BCUT2D eigenvalue weighted by Crippen LogP contribution is -1.89. The van der Waals surface area contributed by atoms with Gasteiger partial charge in [0.15, 0.2) is 0 Å². The summed E-state index contributed by atoms with van der Waals surface area (Å²) in [4.78, 5) is 0. The van der Waals surface area contributed by atoms with Crippen LogP contribution in [0.25, 0.3) is 0 Å². The van der Waals surface area contributed by atoms with E-state index in [1.807, 2.05) is 18.2 Å². The molecule has 0 unspecified atom stereocenters. The first-order chi connectivity index (χ1) is 6.86. The first-order valence-electron chi connectivity index (χ1n) is 4.61. The maximum Gasteiger partial charge on any atom is 0.0625 e. The molecule has 0 saturated heterocycles. The summed E-state index contributed by atoms with van der Waals surface area (Å²) in [5.74, 6) is 0. The van der Waals surface area contributed by atoms with E-state index < -0.39 is 0 Å². The molecular weight excluding hydrogens is 172 g/mol. The summed E-state index contributed by atoms with van der Waals surface area (Å²) in [6.45, 7) is 0. The van der Waals surface area contributed by atoms with E-state index in [2.05, 4.69) is 18.2 Å². The average Bonchev–Trinajstić information content (AvgIpc) is 2.24. The van der Waals surface area contributed by atoms with Crippen LogP contribution in [0.15, 0.2) is 18.2 Å². The van der Waals surface area contributed by atoms with Crippen molar-refractivity contribution >= 4 is 0 Å². The van der Waals surface area contributed by atoms with Crippen molar-refractivity contribution in [2.45, 2.75) is 25.7 Å². The average molecular weight is 183 g/mol. The number of hydrogen-bond acceptors (Lipinski definition) is 2. The molecule has 0 N–H and O–H groups in total. The lowest BCUT2D eigenvalue weighted by atomic mass is 10.0. The fourth-order valence-corrected chi connectivity index (χ4v) is 1.24. The van der Waals surface area contributed by atoms with Gasteiger partial charge in [-0.25, -0.2) is 0 Å². The van der Waals surface area contributed by atoms with Crippen LogP contribution in [0.2, 0.25) is 0 Å². The molecule has 0 aliphatic carbocycles. The summed E-state index contributed by atoms with van der Waals surface area (Å²) < 4.78 is 0. The zero-order valence-electron chi connectivity index (χ0n) is 7.95. The maximum absolute atomic E-state index is 8.43. The van der Waals surface area contributed by atoms with Crippen LogP contribution in [0.1, 0.15) is 24.0 Å². The van der Waals surface area contributed by atoms with Gasteiger partial charge in [0.2, 0.25) is 0 Å². The number of benzene rings is 1. The van der Waals surface area contributed by atoms with Crippen molar-refractivity contribution in [2.75, 3.05) is 0 Å². The van der Waals surface area contributed by atoms with Crippen LogP contribution in [-0.2, 0) is 12.8 Å². The molecule has 0 aliphatic heterocycles. The highest BCUT2D eigenvalue weighted by atomic mass is 14.2. The molecule has 2 nitrogen and oxygen atoms in total. The van der Waals surface area contributed by atoms with Gasteiger partial charge in [-0.1, -0.05) is 18.2 Å². The summed E-state index contributed by atoms with van der Waals surface area (Å²) in [5, 5.41) is 16.9. The zero-order chi connectivity index (χ0) is 10.2. The van der Waals surface area contributed by atoms with Gasteiger partial charge in [-0.3, -0.25) is 0 Å². The molecule has 0 aliphatic rings. The standard InChI is InChI=1S/C12H11N2/c13-8-2-6-11-4-1-5-12(10-11)7-3-9-14/h1,4-5H,2-3,6-7H2. The third kappa shape index (κ3) is 3.29. The van der Waals surface area contributed by atoms with Gasteiger partial charge in [-0.05, 0) is 30.0 Å². The Morgan fingerprint density at radius 1 is 1.00 bits per heavy atom. The van der Waals surface area contributed by atoms with Gasteiger partial charge in [-0.2, -0.15) is 10.5 Å². The van der Waals surface area contributed by atoms with Crippen molar-refractivity contribution in [1.29, 1.82) is 10.5 Å². The number of nitrogens with zero attached hydrogens (tertiary/aromatic N) is 2. The Morgan fingerprint density at radius 3 is 1.93 bits per heavy atom. The van der Waals surface area contributed by atoms with Crippen molar-refractivity contribution in [3.8, 4) is 12.1 Å². The lowest BCUT2D eigenvalue weighted by molar-refractivity contribution is 0.972. The van der Waals surface area contributed by atoms with E-state index in [1.54, 1.807) is 0 Å². The first-order valence-corrected chi connectivity index (χ1v) is 4.61. The minimum Gasteiger partial charge on any atom is -0.198 e. The normalized spacial score (nSPS) is 9.00. The largest absolute Gasteiger partial charge is 0.198 e. The number of hydrogen-bond donors (Lipinski definition) is 0. The monoisotopic (exact) mass is 183 g/mol. The smallest absolute Gasteiger partial charge is 0.0625 e. The predicted octanol–water partition coefficient (Wildman–Crippen LogP) is 2.40. The van der Waals surface area contributed by atoms with E-state index in [4.69, 9.17) is 10.5 Å². The molecule has 69 valence electrons. The summed E-state index contributed by atoms with van der Waals surface area (Å²) >= 11 is 0. The van der Waals surface area contributed by atoms with Gasteiger partial charge in [0, 0.05) is 12.8 Å². The number of rotatable bonds is 4. The molecule has 0 fully saturated rings. The third-order valence-corrected chi connectivity index (χ3v) is 1.93. The molecule has 0 heterocycles. The second kappa shape index (κ2) is 5.78. The van der Waals surface area contributed by atoms with Gasteiger partial charge >= 0.3 is 0 Å². The Bertz CT molecular complexity index is 335. The summed E-state index contributed by atoms with van der Waals surface area (Å²) in [6, 6.07) is 13.3. The molecule has 1 radical (unpaired) electrons. The molecular formula is C12H11N2. The second-order valence-corrected chi connectivity index (χ2v) is 3.02. The second-order valence-electron chi connectivity index (χ2n) is 3.02. The molecule has 2 heteroatoms. The minimum atomic E-state index is 0.526. The van der Waals surface area contributed by atoms with E-state index in [1.165, 1.54) is 0 Å². The van der Waals surface area contributed by atoms with Gasteiger partial charge < -0.3 is 0 Å². The van der Waals surface area contributed by atoms with E-state index in [-0.39, 0.29) is 0 Å². The highest BCUT2D eigenvalue weighted by Gasteiger charge is 1.96. The van der Waals surface area contributed by atoms with Gasteiger partial charge in [-0.15, -0.1) is 0 Å². The fraction of sp³-hybridized carbons (Fsp3) is 0.333. The Hall–Kier alpha value is -1.80. The number of nitriles is 2. The van der Waals surface area contributed by atoms with Gasteiger partial charge in [0.1, 0.15) is 0 Å². The number of aryl methyl sites for hydroxylation is 2. The van der Waals surface area contributed by atoms with Crippen molar-refractivity contribution in [3.05, 3.63) is 35.4 Å². The van der Waals surface area contributed by atoms with E-state index in [0.717, 1.165) is 24.0 Å². The predicted molar refractivity (Wildman–Crippen MR) is 53.1 cm³/mol. The van der Waals surface area contributed by atoms with Crippen LogP contribution in [0, 0.1) is 28.7 Å². The Morgan fingerprint density at radius 2 is 1.50 bits per heavy atom. The van der Waals surface area contributed by atoms with Gasteiger partial charge in [0.25, 0.3) is 0 Å². The summed E-state index contributed by atoms with van der Waals surface area (Å²) in [6.07, 6.45) is 2.55. The van der Waals surface area contributed by atoms with Crippen molar-refractivity contribution in [1.82, 2.24) is 0 Å². The molecule has 0 aromatic heterocycles. The van der Waals surface area contributed by atoms with E-state index >= 15 is 0 Å². The van der Waals surface area contributed by atoms with Crippen LogP contribution in [0.5, 0.6) is 0 Å². The van der Waals surface area contributed by atoms with Crippen molar-refractivity contribution in [2.24, 2.45) is 0 Å². The van der Waals surface area contributed by atoms with E-state index in [0.29, 0.717) is 12.8 Å². The van der Waals surface area contributed by atoms with E-state index in [9.17, 15) is 0 Å². The molecule has 0 spiro atoms. The molecule has 0 bridgehead atoms. The Kier molecular flexibility index (Phi) is 4.24. The maximum atomic E-state index is 8.43. The molecule has 0 amide bonds. The van der Waals surface area contributed by atoms with Crippen LogP contribution < -0.4 is 0 Å².